The zero-order valence-corrected chi connectivity index (χ0v) is 12.7. The summed E-state index contributed by atoms with van der Waals surface area (Å²) in [6.45, 7) is 12.1. The number of morpholine rings is 2. The maximum absolute atomic E-state index is 12.0. The fourth-order valence-corrected chi connectivity index (χ4v) is 2.61. The minimum absolute atomic E-state index is 0.0234. The van der Waals surface area contributed by atoms with Crippen molar-refractivity contribution in [3.63, 3.8) is 0 Å². The minimum Gasteiger partial charge on any atom is -0.379 e. The van der Waals surface area contributed by atoms with Crippen LogP contribution in [0.1, 0.15) is 13.8 Å². The summed E-state index contributed by atoms with van der Waals surface area (Å²) in [4.78, 5) is 16.5. The lowest BCUT2D eigenvalue weighted by Crippen LogP contribution is -2.56. The highest BCUT2D eigenvalue weighted by Crippen LogP contribution is 2.15. The fourth-order valence-electron chi connectivity index (χ4n) is 2.61. The van der Waals surface area contributed by atoms with E-state index in [0.29, 0.717) is 13.1 Å². The predicted octanol–water partition coefficient (Wildman–Crippen LogP) is -0.454. The van der Waals surface area contributed by atoms with Crippen molar-refractivity contribution in [3.8, 4) is 0 Å². The maximum atomic E-state index is 12.0. The Morgan fingerprint density at radius 3 is 2.20 bits per heavy atom. The first-order valence-electron chi connectivity index (χ1n) is 7.47. The standard InChI is InChI=1S/C14H27N3O3/c1-14(2,17-5-9-20-10-6-17)12-15-13(18)11-16-3-7-19-8-4-16/h3-12H2,1-2H3,(H,15,18). The molecule has 0 aromatic heterocycles. The van der Waals surface area contributed by atoms with Crippen LogP contribution in [0.4, 0.5) is 0 Å². The summed E-state index contributed by atoms with van der Waals surface area (Å²) in [7, 11) is 0. The van der Waals surface area contributed by atoms with E-state index in [4.69, 9.17) is 9.47 Å². The van der Waals surface area contributed by atoms with Crippen molar-refractivity contribution in [2.75, 3.05) is 65.7 Å². The molecule has 0 radical (unpaired) electrons. The molecule has 0 saturated carbocycles. The molecule has 0 spiro atoms. The quantitative estimate of drug-likeness (QED) is 0.741. The van der Waals surface area contributed by atoms with Gasteiger partial charge in [0.25, 0.3) is 0 Å². The van der Waals surface area contributed by atoms with E-state index >= 15 is 0 Å². The molecule has 20 heavy (non-hydrogen) atoms. The largest absolute Gasteiger partial charge is 0.379 e. The van der Waals surface area contributed by atoms with Gasteiger partial charge in [0.1, 0.15) is 0 Å². The van der Waals surface area contributed by atoms with Crippen LogP contribution >= 0.6 is 0 Å². The molecule has 2 heterocycles. The van der Waals surface area contributed by atoms with Crippen LogP contribution < -0.4 is 5.32 Å². The van der Waals surface area contributed by atoms with Gasteiger partial charge in [-0.2, -0.15) is 0 Å². The molecule has 6 nitrogen and oxygen atoms in total. The van der Waals surface area contributed by atoms with Crippen LogP contribution in [0.5, 0.6) is 0 Å². The van der Waals surface area contributed by atoms with Gasteiger partial charge >= 0.3 is 0 Å². The van der Waals surface area contributed by atoms with Gasteiger partial charge in [0.15, 0.2) is 0 Å². The number of carbonyl (C=O) groups excluding carboxylic acids is 1. The van der Waals surface area contributed by atoms with Gasteiger partial charge in [0.05, 0.1) is 33.0 Å². The van der Waals surface area contributed by atoms with E-state index in [0.717, 1.165) is 52.6 Å². The van der Waals surface area contributed by atoms with E-state index in [-0.39, 0.29) is 11.4 Å². The topological polar surface area (TPSA) is 54.0 Å². The Kier molecular flexibility index (Phi) is 5.77. The molecular weight excluding hydrogens is 258 g/mol. The highest BCUT2D eigenvalue weighted by Gasteiger charge is 2.28. The average molecular weight is 285 g/mol. The first-order valence-corrected chi connectivity index (χ1v) is 7.47. The molecule has 116 valence electrons. The van der Waals surface area contributed by atoms with E-state index in [9.17, 15) is 4.79 Å². The van der Waals surface area contributed by atoms with Crippen molar-refractivity contribution in [2.45, 2.75) is 19.4 Å². The van der Waals surface area contributed by atoms with Gasteiger partial charge in [-0.15, -0.1) is 0 Å². The normalized spacial score (nSPS) is 22.7. The van der Waals surface area contributed by atoms with Crippen LogP contribution in [0.15, 0.2) is 0 Å². The zero-order valence-electron chi connectivity index (χ0n) is 12.7. The predicted molar refractivity (Wildman–Crippen MR) is 76.7 cm³/mol. The molecule has 0 aromatic carbocycles. The smallest absolute Gasteiger partial charge is 0.234 e. The zero-order chi connectivity index (χ0) is 14.4. The number of rotatable bonds is 5. The Balaban J connectivity index is 1.70. The molecule has 6 heteroatoms. The number of hydrogen-bond donors (Lipinski definition) is 1. The van der Waals surface area contributed by atoms with E-state index < -0.39 is 0 Å². The monoisotopic (exact) mass is 285 g/mol. The second-order valence-corrected chi connectivity index (χ2v) is 6.08. The fraction of sp³-hybridized carbons (Fsp3) is 0.929. The van der Waals surface area contributed by atoms with Crippen molar-refractivity contribution in [2.24, 2.45) is 0 Å². The maximum Gasteiger partial charge on any atom is 0.234 e. The molecule has 0 bridgehead atoms. The molecule has 2 fully saturated rings. The van der Waals surface area contributed by atoms with Gasteiger partial charge in [0.2, 0.25) is 5.91 Å². The van der Waals surface area contributed by atoms with Crippen LogP contribution in [-0.4, -0.2) is 86.9 Å². The highest BCUT2D eigenvalue weighted by molar-refractivity contribution is 5.78. The second-order valence-electron chi connectivity index (χ2n) is 6.08. The number of nitrogens with zero attached hydrogens (tertiary/aromatic N) is 2. The van der Waals surface area contributed by atoms with Crippen LogP contribution in [0, 0.1) is 0 Å². The summed E-state index contributed by atoms with van der Waals surface area (Å²) in [6.07, 6.45) is 0. The Hall–Kier alpha value is -0.690. The molecule has 1 amide bonds. The van der Waals surface area contributed by atoms with Crippen LogP contribution in [0.2, 0.25) is 0 Å². The Labute approximate surface area is 121 Å². The lowest BCUT2D eigenvalue weighted by molar-refractivity contribution is -0.124. The third-order valence-corrected chi connectivity index (χ3v) is 4.06. The lowest BCUT2D eigenvalue weighted by Gasteiger charge is -2.41. The second kappa shape index (κ2) is 7.36. The van der Waals surface area contributed by atoms with Gasteiger partial charge in [-0.05, 0) is 13.8 Å². The van der Waals surface area contributed by atoms with E-state index in [1.54, 1.807) is 0 Å². The van der Waals surface area contributed by atoms with Gasteiger partial charge in [-0.3, -0.25) is 14.6 Å². The summed E-state index contributed by atoms with van der Waals surface area (Å²) < 4.78 is 10.7. The molecule has 2 rings (SSSR count). The van der Waals surface area contributed by atoms with Crippen molar-refractivity contribution in [3.05, 3.63) is 0 Å². The van der Waals surface area contributed by atoms with E-state index in [2.05, 4.69) is 29.0 Å². The highest BCUT2D eigenvalue weighted by atomic mass is 16.5. The molecule has 2 saturated heterocycles. The molecule has 0 aliphatic carbocycles. The summed E-state index contributed by atoms with van der Waals surface area (Å²) in [6, 6.07) is 0. The first kappa shape index (κ1) is 15.7. The van der Waals surface area contributed by atoms with Gasteiger partial charge in [0, 0.05) is 38.3 Å². The first-order chi connectivity index (χ1) is 9.58. The van der Waals surface area contributed by atoms with Gasteiger partial charge < -0.3 is 14.8 Å². The summed E-state index contributed by atoms with van der Waals surface area (Å²) >= 11 is 0. The number of hydrogen-bond acceptors (Lipinski definition) is 5. The molecule has 0 aromatic rings. The molecule has 2 aliphatic heterocycles. The minimum atomic E-state index is -0.0234. The van der Waals surface area contributed by atoms with Crippen molar-refractivity contribution >= 4 is 5.91 Å². The molecule has 0 atom stereocenters. The van der Waals surface area contributed by atoms with Crippen LogP contribution in [0.3, 0.4) is 0 Å². The molecule has 0 unspecified atom stereocenters. The van der Waals surface area contributed by atoms with Crippen molar-refractivity contribution < 1.29 is 14.3 Å². The molecule has 1 N–H and O–H groups in total. The van der Waals surface area contributed by atoms with Gasteiger partial charge in [-0.1, -0.05) is 0 Å². The van der Waals surface area contributed by atoms with Gasteiger partial charge in [-0.25, -0.2) is 0 Å². The van der Waals surface area contributed by atoms with E-state index in [1.807, 2.05) is 0 Å². The van der Waals surface area contributed by atoms with Crippen LogP contribution in [-0.2, 0) is 14.3 Å². The van der Waals surface area contributed by atoms with Crippen LogP contribution in [0.25, 0.3) is 0 Å². The summed E-state index contributed by atoms with van der Waals surface area (Å²) in [5.74, 6) is 0.105. The third kappa shape index (κ3) is 4.70. The summed E-state index contributed by atoms with van der Waals surface area (Å²) in [5.41, 5.74) is -0.0234. The number of nitrogens with one attached hydrogen (secondary N) is 1. The lowest BCUT2D eigenvalue weighted by atomic mass is 10.0. The molecular formula is C14H27N3O3. The van der Waals surface area contributed by atoms with E-state index in [1.165, 1.54) is 0 Å². The van der Waals surface area contributed by atoms with Crippen molar-refractivity contribution in [1.29, 1.82) is 0 Å². The average Bonchev–Trinajstić information content (AvgIpc) is 2.47. The molecule has 2 aliphatic rings. The Morgan fingerprint density at radius 2 is 1.60 bits per heavy atom. The number of carbonyl (C=O) groups is 1. The van der Waals surface area contributed by atoms with Crippen molar-refractivity contribution in [1.82, 2.24) is 15.1 Å². The Bertz CT molecular complexity index is 311. The summed E-state index contributed by atoms with van der Waals surface area (Å²) in [5, 5.41) is 3.06. The Morgan fingerprint density at radius 1 is 1.05 bits per heavy atom. The number of ether oxygens (including phenoxy) is 2. The number of amides is 1. The SMILES string of the molecule is CC(C)(CNC(=O)CN1CCOCC1)N1CCOCC1. The third-order valence-electron chi connectivity index (χ3n) is 4.06.